The first-order valence-corrected chi connectivity index (χ1v) is 8.30. The molecule has 2 aromatic rings. The van der Waals surface area contributed by atoms with Gasteiger partial charge >= 0.3 is 0 Å². The molecule has 2 N–H and O–H groups in total. The number of hydrogen-bond acceptors (Lipinski definition) is 3. The standard InChI is InChI=1S/C14H14BrFN2O2S/c1-18(9-10-5-7-11(15)8-6-10)21(19,20)13-4-2-3-12(16)14(13)17/h2-8H,9,17H2,1H3. The van der Waals surface area contributed by atoms with Crippen LogP contribution in [0, 0.1) is 5.82 Å². The van der Waals surface area contributed by atoms with Crippen LogP contribution in [0.3, 0.4) is 0 Å². The van der Waals surface area contributed by atoms with E-state index in [1.54, 1.807) is 0 Å². The Morgan fingerprint density at radius 1 is 1.19 bits per heavy atom. The van der Waals surface area contributed by atoms with Crippen molar-refractivity contribution in [2.75, 3.05) is 12.8 Å². The van der Waals surface area contributed by atoms with Gasteiger partial charge in [0.1, 0.15) is 10.7 Å². The topological polar surface area (TPSA) is 63.4 Å². The Labute approximate surface area is 131 Å². The van der Waals surface area contributed by atoms with Crippen molar-refractivity contribution < 1.29 is 12.8 Å². The van der Waals surface area contributed by atoms with Gasteiger partial charge in [-0.25, -0.2) is 12.8 Å². The molecule has 0 aliphatic carbocycles. The monoisotopic (exact) mass is 372 g/mol. The van der Waals surface area contributed by atoms with E-state index in [0.29, 0.717) is 0 Å². The maximum Gasteiger partial charge on any atom is 0.245 e. The number of anilines is 1. The van der Waals surface area contributed by atoms with Crippen LogP contribution in [0.4, 0.5) is 10.1 Å². The van der Waals surface area contributed by atoms with Gasteiger partial charge in [-0.15, -0.1) is 0 Å². The third-order valence-electron chi connectivity index (χ3n) is 3.02. The van der Waals surface area contributed by atoms with E-state index in [0.717, 1.165) is 20.4 Å². The zero-order valence-corrected chi connectivity index (χ0v) is 13.7. The largest absolute Gasteiger partial charge is 0.395 e. The minimum atomic E-state index is -3.84. The molecule has 0 saturated heterocycles. The van der Waals surface area contributed by atoms with Crippen LogP contribution in [0.1, 0.15) is 5.56 Å². The van der Waals surface area contributed by atoms with Crippen LogP contribution in [0.5, 0.6) is 0 Å². The highest BCUT2D eigenvalue weighted by Crippen LogP contribution is 2.25. The van der Waals surface area contributed by atoms with Crippen LogP contribution in [0.2, 0.25) is 0 Å². The molecule has 0 bridgehead atoms. The summed E-state index contributed by atoms with van der Waals surface area (Å²) in [6.07, 6.45) is 0. The third-order valence-corrected chi connectivity index (χ3v) is 5.41. The number of nitrogens with zero attached hydrogens (tertiary/aromatic N) is 1. The fraction of sp³-hybridized carbons (Fsp3) is 0.143. The van der Waals surface area contributed by atoms with Gasteiger partial charge in [0.2, 0.25) is 10.0 Å². The molecule has 0 unspecified atom stereocenters. The third kappa shape index (κ3) is 3.42. The fourth-order valence-electron chi connectivity index (χ4n) is 1.84. The quantitative estimate of drug-likeness (QED) is 0.839. The summed E-state index contributed by atoms with van der Waals surface area (Å²) in [7, 11) is -2.41. The molecule has 21 heavy (non-hydrogen) atoms. The molecule has 0 radical (unpaired) electrons. The van der Waals surface area contributed by atoms with Gasteiger partial charge in [0.05, 0.1) is 5.69 Å². The smallest absolute Gasteiger partial charge is 0.245 e. The Kier molecular flexibility index (Phi) is 4.65. The lowest BCUT2D eigenvalue weighted by Crippen LogP contribution is -2.27. The Hall–Kier alpha value is -1.44. The highest BCUT2D eigenvalue weighted by Gasteiger charge is 2.24. The number of benzene rings is 2. The maximum atomic E-state index is 13.4. The van der Waals surface area contributed by atoms with Gasteiger partial charge < -0.3 is 5.73 Å². The molecule has 0 amide bonds. The van der Waals surface area contributed by atoms with Gasteiger partial charge in [0.25, 0.3) is 0 Å². The Morgan fingerprint density at radius 2 is 1.81 bits per heavy atom. The van der Waals surface area contributed by atoms with Gasteiger partial charge in [-0.05, 0) is 29.8 Å². The van der Waals surface area contributed by atoms with Crippen molar-refractivity contribution in [2.24, 2.45) is 0 Å². The normalized spacial score (nSPS) is 11.8. The zero-order chi connectivity index (χ0) is 15.6. The van der Waals surface area contributed by atoms with Gasteiger partial charge in [-0.1, -0.05) is 34.1 Å². The fourth-order valence-corrected chi connectivity index (χ4v) is 3.39. The van der Waals surface area contributed by atoms with Crippen LogP contribution in [-0.2, 0) is 16.6 Å². The van der Waals surface area contributed by atoms with E-state index in [-0.39, 0.29) is 17.1 Å². The average molecular weight is 373 g/mol. The summed E-state index contributed by atoms with van der Waals surface area (Å²) in [5.41, 5.74) is 5.99. The molecule has 0 heterocycles. The highest BCUT2D eigenvalue weighted by molar-refractivity contribution is 9.10. The van der Waals surface area contributed by atoms with Crippen molar-refractivity contribution in [2.45, 2.75) is 11.4 Å². The Balaban J connectivity index is 2.30. The molecule has 0 aromatic heterocycles. The lowest BCUT2D eigenvalue weighted by atomic mass is 10.2. The first-order chi connectivity index (χ1) is 9.82. The molecule has 0 spiro atoms. The molecule has 112 valence electrons. The first kappa shape index (κ1) is 15.9. The predicted molar refractivity (Wildman–Crippen MR) is 83.6 cm³/mol. The van der Waals surface area contributed by atoms with E-state index in [1.165, 1.54) is 19.2 Å². The van der Waals surface area contributed by atoms with E-state index < -0.39 is 15.8 Å². The van der Waals surface area contributed by atoms with E-state index in [4.69, 9.17) is 5.73 Å². The first-order valence-electron chi connectivity index (χ1n) is 6.07. The summed E-state index contributed by atoms with van der Waals surface area (Å²) >= 11 is 3.32. The minimum absolute atomic E-state index is 0.172. The van der Waals surface area contributed by atoms with Gasteiger partial charge in [-0.3, -0.25) is 0 Å². The maximum absolute atomic E-state index is 13.4. The number of nitrogen functional groups attached to an aromatic ring is 1. The lowest BCUT2D eigenvalue weighted by Gasteiger charge is -2.18. The molecule has 0 atom stereocenters. The minimum Gasteiger partial charge on any atom is -0.395 e. The summed E-state index contributed by atoms with van der Waals surface area (Å²) in [6.45, 7) is 0.172. The number of nitrogens with two attached hydrogens (primary N) is 1. The predicted octanol–water partition coefficient (Wildman–Crippen LogP) is 2.99. The van der Waals surface area contributed by atoms with E-state index in [2.05, 4.69) is 15.9 Å². The SMILES string of the molecule is CN(Cc1ccc(Br)cc1)S(=O)(=O)c1cccc(F)c1N. The zero-order valence-electron chi connectivity index (χ0n) is 11.3. The molecule has 2 aromatic carbocycles. The molecule has 0 aliphatic rings. The molecular formula is C14H14BrFN2O2S. The number of rotatable bonds is 4. The number of hydrogen-bond donors (Lipinski definition) is 1. The second-order valence-corrected chi connectivity index (χ2v) is 7.47. The number of halogens is 2. The Morgan fingerprint density at radius 3 is 2.43 bits per heavy atom. The molecule has 0 fully saturated rings. The van der Waals surface area contributed by atoms with Gasteiger partial charge in [0, 0.05) is 18.1 Å². The van der Waals surface area contributed by atoms with Crippen molar-refractivity contribution in [1.29, 1.82) is 0 Å². The second kappa shape index (κ2) is 6.13. The average Bonchev–Trinajstić information content (AvgIpc) is 2.44. The van der Waals surface area contributed by atoms with Crippen molar-refractivity contribution in [3.05, 3.63) is 58.3 Å². The van der Waals surface area contributed by atoms with E-state index >= 15 is 0 Å². The lowest BCUT2D eigenvalue weighted by molar-refractivity contribution is 0.466. The molecule has 4 nitrogen and oxygen atoms in total. The van der Waals surface area contributed by atoms with Crippen molar-refractivity contribution in [3.63, 3.8) is 0 Å². The van der Waals surface area contributed by atoms with Crippen molar-refractivity contribution in [3.8, 4) is 0 Å². The molecule has 0 aliphatic heterocycles. The Bertz CT molecular complexity index is 748. The second-order valence-electron chi connectivity index (χ2n) is 4.54. The summed E-state index contributed by atoms with van der Waals surface area (Å²) in [5, 5.41) is 0. The molecule has 0 saturated carbocycles. The van der Waals surface area contributed by atoms with Crippen LogP contribution >= 0.6 is 15.9 Å². The van der Waals surface area contributed by atoms with E-state index in [9.17, 15) is 12.8 Å². The van der Waals surface area contributed by atoms with Crippen LogP contribution in [0.25, 0.3) is 0 Å². The van der Waals surface area contributed by atoms with Crippen LogP contribution in [-0.4, -0.2) is 19.8 Å². The van der Waals surface area contributed by atoms with Crippen LogP contribution < -0.4 is 5.73 Å². The van der Waals surface area contributed by atoms with Gasteiger partial charge in [-0.2, -0.15) is 4.31 Å². The van der Waals surface area contributed by atoms with Gasteiger partial charge in [0.15, 0.2) is 0 Å². The van der Waals surface area contributed by atoms with Crippen LogP contribution in [0.15, 0.2) is 51.8 Å². The summed E-state index contributed by atoms with van der Waals surface area (Å²) in [4.78, 5) is -0.220. The summed E-state index contributed by atoms with van der Waals surface area (Å²) in [5.74, 6) is -0.742. The molecular weight excluding hydrogens is 359 g/mol. The molecule has 2 rings (SSSR count). The van der Waals surface area contributed by atoms with Crippen molar-refractivity contribution >= 4 is 31.6 Å². The number of para-hydroxylation sites is 1. The summed E-state index contributed by atoms with van der Waals surface area (Å²) < 4.78 is 40.4. The highest BCUT2D eigenvalue weighted by atomic mass is 79.9. The number of sulfonamides is 1. The van der Waals surface area contributed by atoms with E-state index in [1.807, 2.05) is 24.3 Å². The van der Waals surface area contributed by atoms with Crippen molar-refractivity contribution in [1.82, 2.24) is 4.31 Å². The summed E-state index contributed by atoms with van der Waals surface area (Å²) in [6, 6.07) is 11.0. The molecule has 7 heteroatoms.